The third kappa shape index (κ3) is 15.2. The molecule has 0 bridgehead atoms. The second kappa shape index (κ2) is 28.7. The summed E-state index contributed by atoms with van der Waals surface area (Å²) in [6.07, 6.45) is 5.67. The average Bonchev–Trinajstić information content (AvgIpc) is 4.15. The van der Waals surface area contributed by atoms with Crippen LogP contribution >= 0.6 is 15.8 Å². The molecule has 0 aliphatic carbocycles. The van der Waals surface area contributed by atoms with Crippen LogP contribution in [0.2, 0.25) is 0 Å². The first-order chi connectivity index (χ1) is 33.5. The molecular weight excluding hydrogens is 1000 g/mol. The van der Waals surface area contributed by atoms with Gasteiger partial charge in [-0.1, -0.05) is 121 Å². The summed E-state index contributed by atoms with van der Waals surface area (Å²) in [7, 11) is -2.56. The molecule has 0 unspecified atom stereocenters. The summed E-state index contributed by atoms with van der Waals surface area (Å²) < 4.78 is 12.7. The average molecular weight is 1050 g/mol. The molecule has 0 atom stereocenters. The molecule has 0 aliphatic heterocycles. The molecule has 8 aromatic carbocycles. The van der Waals surface area contributed by atoms with Gasteiger partial charge in [-0.25, -0.2) is 0 Å². The molecule has 0 amide bonds. The zero-order valence-corrected chi connectivity index (χ0v) is 41.5. The molecule has 1 radical (unpaired) electrons. The van der Waals surface area contributed by atoms with Crippen LogP contribution in [-0.4, -0.2) is 10.2 Å². The van der Waals surface area contributed by atoms with Gasteiger partial charge in [0.05, 0.1) is 12.1 Å². The van der Waals surface area contributed by atoms with E-state index in [1.807, 2.05) is 60.7 Å². The number of hydrogen-bond donors (Lipinski definition) is 0. The molecule has 0 saturated carbocycles. The zero-order chi connectivity index (χ0) is 47.2. The van der Waals surface area contributed by atoms with Crippen molar-refractivity contribution in [3.8, 4) is 35.1 Å². The predicted molar refractivity (Wildman–Crippen MR) is 280 cm³/mol. The predicted octanol–water partition coefficient (Wildman–Crippen LogP) is 10.1. The van der Waals surface area contributed by atoms with E-state index >= 15 is 0 Å². The van der Waals surface area contributed by atoms with Gasteiger partial charge in [0.1, 0.15) is 47.7 Å². The number of nitrogens with zero attached hydrogens (tertiary/aromatic N) is 6. The molecule has 0 saturated heterocycles. The van der Waals surface area contributed by atoms with E-state index in [9.17, 15) is 0 Å². The molecule has 2 aromatic heterocycles. The van der Waals surface area contributed by atoms with E-state index in [0.717, 1.165) is 34.1 Å². The summed E-state index contributed by atoms with van der Waals surface area (Å²) >= 11 is 0. The van der Waals surface area contributed by atoms with Gasteiger partial charge in [0.2, 0.25) is 0 Å². The summed E-state index contributed by atoms with van der Waals surface area (Å²) in [6.45, 7) is 7.80. The minimum atomic E-state index is -1.28. The maximum absolute atomic E-state index is 8.10. The van der Waals surface area contributed by atoms with Crippen molar-refractivity contribution in [2.24, 2.45) is 0 Å². The van der Waals surface area contributed by atoms with Gasteiger partial charge in [0, 0.05) is 52.1 Å². The normalized spacial score (nSPS) is 9.83. The fourth-order valence-electron chi connectivity index (χ4n) is 6.91. The number of aromatic nitrogens is 4. The van der Waals surface area contributed by atoms with Crippen LogP contribution in [0.25, 0.3) is 0 Å². The van der Waals surface area contributed by atoms with Crippen molar-refractivity contribution >= 4 is 47.7 Å². The summed E-state index contributed by atoms with van der Waals surface area (Å²) in [4.78, 5) is 0. The van der Waals surface area contributed by atoms with E-state index in [1.165, 1.54) is 56.6 Å². The number of para-hydroxylation sites is 4. The first-order valence-electron chi connectivity index (χ1n) is 21.5. The van der Waals surface area contributed by atoms with Crippen molar-refractivity contribution in [1.82, 2.24) is 20.4 Å². The second-order valence-electron chi connectivity index (χ2n) is 14.7. The number of benzene rings is 8. The SMILES string of the molecule is N#Cc1cn[n-]c1.N#Cc1cn[n-]c1.[CH2-]c1ccccc1Oc1ccccc1[CH2-].[Cu+].[Cu].c1ccc([PH+](c2ccccc2)c2ccccc2Oc2ccccc2[PH+](c2ccccc2)c2ccccc2)cc1. The van der Waals surface area contributed by atoms with Crippen molar-refractivity contribution in [3.63, 3.8) is 0 Å². The van der Waals surface area contributed by atoms with Gasteiger partial charge in [-0.2, -0.15) is 47.6 Å². The fourth-order valence-corrected chi connectivity index (χ4v) is 12.2. The minimum Gasteiger partial charge on any atom is -0.581 e. The summed E-state index contributed by atoms with van der Waals surface area (Å²) in [5.41, 5.74) is 2.78. The number of hydrogen-bond acceptors (Lipinski definition) is 6. The minimum absolute atomic E-state index is 0. The van der Waals surface area contributed by atoms with Crippen LogP contribution < -0.4 is 51.5 Å². The molecule has 0 spiro atoms. The van der Waals surface area contributed by atoms with Gasteiger partial charge in [0.25, 0.3) is 0 Å². The second-order valence-corrected chi connectivity index (χ2v) is 19.6. The molecule has 8 nitrogen and oxygen atoms in total. The van der Waals surface area contributed by atoms with Crippen molar-refractivity contribution < 1.29 is 43.6 Å². The Kier molecular flexibility index (Phi) is 21.8. The molecule has 353 valence electrons. The monoisotopic (exact) mass is 1050 g/mol. The smallest absolute Gasteiger partial charge is 0.581 e. The maximum Gasteiger partial charge on any atom is 1.00 e. The molecule has 10 rings (SSSR count). The topological polar surface area (TPSA) is 120 Å². The third-order valence-electron chi connectivity index (χ3n) is 10.1. The molecule has 12 heteroatoms. The number of nitriles is 2. The molecule has 0 N–H and O–H groups in total. The quantitative estimate of drug-likeness (QED) is 0.0755. The molecule has 70 heavy (non-hydrogen) atoms. The summed E-state index contributed by atoms with van der Waals surface area (Å²) in [5, 5.41) is 37.8. The molecular formula is C58H46Cu2N6O2P2-. The third-order valence-corrected chi connectivity index (χ3v) is 15.7. The first-order valence-corrected chi connectivity index (χ1v) is 24.5. The Bertz CT molecular complexity index is 2840. The van der Waals surface area contributed by atoms with Crippen molar-refractivity contribution in [2.45, 2.75) is 0 Å². The molecule has 0 fully saturated rings. The molecule has 0 aliphatic rings. The van der Waals surface area contributed by atoms with Crippen LogP contribution in [-0.2, 0) is 34.1 Å². The van der Waals surface area contributed by atoms with E-state index in [0.29, 0.717) is 11.1 Å². The van der Waals surface area contributed by atoms with Gasteiger partial charge in [-0.05, 0) is 72.8 Å². The van der Waals surface area contributed by atoms with Gasteiger partial charge >= 0.3 is 17.1 Å². The largest absolute Gasteiger partial charge is 1.00 e. The van der Waals surface area contributed by atoms with Crippen molar-refractivity contribution in [2.75, 3.05) is 0 Å². The van der Waals surface area contributed by atoms with Crippen LogP contribution in [0.15, 0.2) is 243 Å². The van der Waals surface area contributed by atoms with Crippen LogP contribution in [0, 0.1) is 36.5 Å². The van der Waals surface area contributed by atoms with E-state index in [2.05, 4.69) is 204 Å². The Morgan fingerprint density at radius 1 is 0.386 bits per heavy atom. The Morgan fingerprint density at radius 3 is 0.929 bits per heavy atom. The zero-order valence-electron chi connectivity index (χ0n) is 37.6. The Labute approximate surface area is 433 Å². The number of ether oxygens (including phenoxy) is 2. The Morgan fingerprint density at radius 2 is 0.657 bits per heavy atom. The van der Waals surface area contributed by atoms with Gasteiger partial charge in [-0.15, -0.1) is 24.5 Å². The van der Waals surface area contributed by atoms with E-state index in [-0.39, 0.29) is 34.1 Å². The van der Waals surface area contributed by atoms with Crippen LogP contribution in [0.1, 0.15) is 22.3 Å². The van der Waals surface area contributed by atoms with Crippen LogP contribution in [0.5, 0.6) is 23.0 Å². The Hall–Kier alpha value is -7.60. The van der Waals surface area contributed by atoms with Crippen molar-refractivity contribution in [3.05, 3.63) is 279 Å². The Balaban J connectivity index is 0.000000238. The van der Waals surface area contributed by atoms with E-state index < -0.39 is 15.8 Å². The van der Waals surface area contributed by atoms with Gasteiger partial charge in [0.15, 0.2) is 11.5 Å². The van der Waals surface area contributed by atoms with E-state index in [4.69, 9.17) is 20.0 Å². The van der Waals surface area contributed by atoms with Gasteiger partial charge in [-0.3, -0.25) is 0 Å². The van der Waals surface area contributed by atoms with E-state index in [1.54, 1.807) is 0 Å². The van der Waals surface area contributed by atoms with Crippen LogP contribution in [0.3, 0.4) is 0 Å². The first kappa shape index (κ1) is 53.4. The maximum atomic E-state index is 8.10. The summed E-state index contributed by atoms with van der Waals surface area (Å²) in [6, 6.07) is 79.7. The van der Waals surface area contributed by atoms with Gasteiger partial charge < -0.3 is 29.9 Å². The standard InChI is InChI=1S/C36H28OP2.C14H12O.2C4H2N3.2Cu/c1-5-17-29(18-6-1)38(30-19-7-2-8-20-30)35-27-15-13-25-33(35)37-34-26-14-16-28-36(34)39(31-21-9-3-10-22-31)32-23-11-4-12-24-32;1-11-7-3-5-9-13(11)15-14-10-6-4-8-12(14)2;2*5-1-4-2-6-7-3-4;;/h1-28H;3-10H,1-2H2;2*2-3H;;/q;-2;2*-1;;+1/p+2. The summed E-state index contributed by atoms with van der Waals surface area (Å²) in [5.74, 6) is 3.39. The molecule has 10 aromatic rings. The van der Waals surface area contributed by atoms with Crippen molar-refractivity contribution in [1.29, 1.82) is 10.5 Å². The fraction of sp³-hybridized carbons (Fsp3) is 0. The number of rotatable bonds is 10. The van der Waals surface area contributed by atoms with Crippen LogP contribution in [0.4, 0.5) is 0 Å². The molecule has 2 heterocycles.